The van der Waals surface area contributed by atoms with Crippen LogP contribution in [0, 0.1) is 0 Å². The minimum absolute atomic E-state index is 0.123. The highest BCUT2D eigenvalue weighted by molar-refractivity contribution is 7.17. The van der Waals surface area contributed by atoms with Gasteiger partial charge in [-0.1, -0.05) is 23.5 Å². The third-order valence-electron chi connectivity index (χ3n) is 2.53. The van der Waals surface area contributed by atoms with Crippen molar-refractivity contribution in [1.82, 2.24) is 10.3 Å². The van der Waals surface area contributed by atoms with Gasteiger partial charge in [-0.3, -0.25) is 4.79 Å². The summed E-state index contributed by atoms with van der Waals surface area (Å²) in [5.41, 5.74) is 0.992. The normalized spacial score (nSPS) is 10.0. The molecule has 1 amide bonds. The van der Waals surface area contributed by atoms with E-state index in [0.29, 0.717) is 11.4 Å². The zero-order valence-corrected chi connectivity index (χ0v) is 11.6. The van der Waals surface area contributed by atoms with Gasteiger partial charge < -0.3 is 15.4 Å². The van der Waals surface area contributed by atoms with Gasteiger partial charge in [-0.15, -0.1) is 0 Å². The van der Waals surface area contributed by atoms with Crippen molar-refractivity contribution in [3.05, 3.63) is 40.9 Å². The van der Waals surface area contributed by atoms with E-state index in [-0.39, 0.29) is 5.91 Å². The van der Waals surface area contributed by atoms with E-state index in [1.165, 1.54) is 11.3 Å². The molecule has 0 aliphatic rings. The topological polar surface area (TPSA) is 63.2 Å². The Bertz CT molecular complexity index is 569. The van der Waals surface area contributed by atoms with Crippen LogP contribution in [0.1, 0.15) is 15.2 Å². The molecule has 0 saturated carbocycles. The number of carbonyl (C=O) groups is 1. The van der Waals surface area contributed by atoms with Crippen molar-refractivity contribution in [2.24, 2.45) is 0 Å². The molecule has 1 heterocycles. The number of rotatable bonds is 5. The summed E-state index contributed by atoms with van der Waals surface area (Å²) in [7, 11) is 3.39. The summed E-state index contributed by atoms with van der Waals surface area (Å²) >= 11 is 1.32. The van der Waals surface area contributed by atoms with Crippen molar-refractivity contribution in [3.63, 3.8) is 0 Å². The Kier molecular flexibility index (Phi) is 4.35. The molecule has 0 fully saturated rings. The van der Waals surface area contributed by atoms with Gasteiger partial charge in [-0.25, -0.2) is 4.98 Å². The second-order valence-corrected chi connectivity index (χ2v) is 4.84. The van der Waals surface area contributed by atoms with Crippen molar-refractivity contribution in [2.45, 2.75) is 6.54 Å². The van der Waals surface area contributed by atoms with E-state index in [4.69, 9.17) is 4.74 Å². The number of methoxy groups -OCH3 is 1. The first kappa shape index (κ1) is 13.4. The summed E-state index contributed by atoms with van der Waals surface area (Å²) in [4.78, 5) is 16.6. The maximum Gasteiger partial charge on any atom is 0.263 e. The average Bonchev–Trinajstić information content (AvgIpc) is 2.94. The third kappa shape index (κ3) is 3.45. The fraction of sp³-hybridized carbons (Fsp3) is 0.231. The van der Waals surface area contributed by atoms with Crippen LogP contribution < -0.4 is 15.4 Å². The van der Waals surface area contributed by atoms with E-state index in [1.807, 2.05) is 24.3 Å². The molecule has 19 heavy (non-hydrogen) atoms. The molecule has 0 spiro atoms. The predicted octanol–water partition coefficient (Wildman–Crippen LogP) is 2.12. The Morgan fingerprint density at radius 2 is 2.32 bits per heavy atom. The zero-order valence-electron chi connectivity index (χ0n) is 10.8. The van der Waals surface area contributed by atoms with Gasteiger partial charge in [0.05, 0.1) is 13.3 Å². The van der Waals surface area contributed by atoms with Gasteiger partial charge >= 0.3 is 0 Å². The van der Waals surface area contributed by atoms with Crippen LogP contribution in [-0.2, 0) is 6.54 Å². The number of nitrogens with zero attached hydrogens (tertiary/aromatic N) is 1. The number of hydrogen-bond acceptors (Lipinski definition) is 5. The Labute approximate surface area is 115 Å². The predicted molar refractivity (Wildman–Crippen MR) is 75.8 cm³/mol. The summed E-state index contributed by atoms with van der Waals surface area (Å²) in [5, 5.41) is 6.48. The lowest BCUT2D eigenvalue weighted by Crippen LogP contribution is -2.21. The van der Waals surface area contributed by atoms with E-state index in [2.05, 4.69) is 15.6 Å². The largest absolute Gasteiger partial charge is 0.497 e. The van der Waals surface area contributed by atoms with Crippen LogP contribution >= 0.6 is 11.3 Å². The second-order valence-electron chi connectivity index (χ2n) is 3.81. The minimum Gasteiger partial charge on any atom is -0.497 e. The number of amides is 1. The molecule has 0 atom stereocenters. The lowest BCUT2D eigenvalue weighted by Gasteiger charge is -2.05. The van der Waals surface area contributed by atoms with Crippen LogP contribution in [0.4, 0.5) is 5.13 Å². The molecule has 0 bridgehead atoms. The molecule has 0 aliphatic heterocycles. The number of anilines is 1. The monoisotopic (exact) mass is 277 g/mol. The fourth-order valence-corrected chi connectivity index (χ4v) is 2.23. The maximum atomic E-state index is 11.9. The number of carbonyl (C=O) groups excluding carboxylic acids is 1. The third-order valence-corrected chi connectivity index (χ3v) is 3.54. The van der Waals surface area contributed by atoms with E-state index in [0.717, 1.165) is 16.4 Å². The Hall–Kier alpha value is -2.08. The highest BCUT2D eigenvalue weighted by Crippen LogP contribution is 2.17. The zero-order chi connectivity index (χ0) is 13.7. The molecule has 0 aliphatic carbocycles. The first-order valence-corrected chi connectivity index (χ1v) is 6.59. The van der Waals surface area contributed by atoms with Gasteiger partial charge in [-0.05, 0) is 17.7 Å². The molecule has 6 heteroatoms. The standard InChI is InChI=1S/C13H15N3O2S/c1-14-13-16-8-11(19-13)12(17)15-7-9-4-3-5-10(6-9)18-2/h3-6,8H,7H2,1-2H3,(H,14,16)(H,15,17). The number of hydrogen-bond donors (Lipinski definition) is 2. The smallest absolute Gasteiger partial charge is 0.263 e. The van der Waals surface area contributed by atoms with Crippen molar-refractivity contribution in [3.8, 4) is 5.75 Å². The first-order valence-electron chi connectivity index (χ1n) is 5.77. The quantitative estimate of drug-likeness (QED) is 0.878. The number of nitrogens with one attached hydrogen (secondary N) is 2. The van der Waals surface area contributed by atoms with Gasteiger partial charge in [0.2, 0.25) is 0 Å². The van der Waals surface area contributed by atoms with Gasteiger partial charge in [0.1, 0.15) is 10.6 Å². The summed E-state index contributed by atoms with van der Waals surface area (Å²) in [5.74, 6) is 0.656. The van der Waals surface area contributed by atoms with Crippen molar-refractivity contribution < 1.29 is 9.53 Å². The SMILES string of the molecule is CNc1ncc(C(=O)NCc2cccc(OC)c2)s1. The molecule has 2 aromatic rings. The van der Waals surface area contributed by atoms with Crippen molar-refractivity contribution >= 4 is 22.4 Å². The van der Waals surface area contributed by atoms with Gasteiger partial charge in [-0.2, -0.15) is 0 Å². The number of ether oxygens (including phenoxy) is 1. The maximum absolute atomic E-state index is 11.9. The number of benzene rings is 1. The van der Waals surface area contributed by atoms with E-state index < -0.39 is 0 Å². The molecular weight excluding hydrogens is 262 g/mol. The molecule has 2 N–H and O–H groups in total. The minimum atomic E-state index is -0.123. The molecule has 0 unspecified atom stereocenters. The van der Waals surface area contributed by atoms with E-state index >= 15 is 0 Å². The van der Waals surface area contributed by atoms with Crippen LogP contribution in [-0.4, -0.2) is 25.0 Å². The van der Waals surface area contributed by atoms with Crippen LogP contribution in [0.15, 0.2) is 30.5 Å². The molecule has 100 valence electrons. The molecule has 1 aromatic heterocycles. The Morgan fingerprint density at radius 1 is 1.47 bits per heavy atom. The van der Waals surface area contributed by atoms with E-state index in [9.17, 15) is 4.79 Å². The van der Waals surface area contributed by atoms with Crippen LogP contribution in [0.5, 0.6) is 5.75 Å². The van der Waals surface area contributed by atoms with Crippen molar-refractivity contribution in [2.75, 3.05) is 19.5 Å². The summed E-state index contributed by atoms with van der Waals surface area (Å²) in [6, 6.07) is 7.60. The lowest BCUT2D eigenvalue weighted by atomic mass is 10.2. The van der Waals surface area contributed by atoms with Crippen LogP contribution in [0.25, 0.3) is 0 Å². The van der Waals surface area contributed by atoms with E-state index in [1.54, 1.807) is 20.4 Å². The highest BCUT2D eigenvalue weighted by atomic mass is 32.1. The summed E-state index contributed by atoms with van der Waals surface area (Å²) < 4.78 is 5.14. The molecular formula is C13H15N3O2S. The van der Waals surface area contributed by atoms with Gasteiger partial charge in [0.15, 0.2) is 5.13 Å². The summed E-state index contributed by atoms with van der Waals surface area (Å²) in [6.07, 6.45) is 1.57. The molecule has 2 rings (SSSR count). The van der Waals surface area contributed by atoms with Crippen LogP contribution in [0.3, 0.4) is 0 Å². The van der Waals surface area contributed by atoms with Gasteiger partial charge in [0.25, 0.3) is 5.91 Å². The molecule has 1 aromatic carbocycles. The average molecular weight is 277 g/mol. The highest BCUT2D eigenvalue weighted by Gasteiger charge is 2.09. The molecule has 0 saturated heterocycles. The second kappa shape index (κ2) is 6.19. The Balaban J connectivity index is 1.96. The Morgan fingerprint density at radius 3 is 3.00 bits per heavy atom. The number of thiazole rings is 1. The van der Waals surface area contributed by atoms with Crippen molar-refractivity contribution in [1.29, 1.82) is 0 Å². The first-order chi connectivity index (χ1) is 9.22. The lowest BCUT2D eigenvalue weighted by molar-refractivity contribution is 0.0954. The van der Waals surface area contributed by atoms with Crippen LogP contribution in [0.2, 0.25) is 0 Å². The van der Waals surface area contributed by atoms with Gasteiger partial charge in [0, 0.05) is 13.6 Å². The molecule has 0 radical (unpaired) electrons. The summed E-state index contributed by atoms with van der Waals surface area (Å²) in [6.45, 7) is 0.461. The number of aromatic nitrogens is 1. The molecule has 5 nitrogen and oxygen atoms in total. The fourth-order valence-electron chi connectivity index (χ4n) is 1.55.